The first kappa shape index (κ1) is 19.1. The summed E-state index contributed by atoms with van der Waals surface area (Å²) in [4.78, 5) is 26.9. The van der Waals surface area contributed by atoms with E-state index in [4.69, 9.17) is 0 Å². The number of non-ortho nitro benzene ring substituents is 1. The summed E-state index contributed by atoms with van der Waals surface area (Å²) >= 11 is 0. The molecule has 2 aromatic carbocycles. The van der Waals surface area contributed by atoms with Crippen LogP contribution in [-0.4, -0.2) is 49.0 Å². The van der Waals surface area contributed by atoms with Crippen molar-refractivity contribution in [3.8, 4) is 6.07 Å². The molecule has 1 saturated heterocycles. The van der Waals surface area contributed by atoms with Crippen LogP contribution in [-0.2, 0) is 0 Å². The number of anilines is 2. The molecule has 1 heterocycles. The van der Waals surface area contributed by atoms with E-state index < -0.39 is 10.7 Å². The van der Waals surface area contributed by atoms with Crippen molar-refractivity contribution in [2.24, 2.45) is 0 Å². The van der Waals surface area contributed by atoms with Crippen LogP contribution in [0.1, 0.15) is 15.9 Å². The molecule has 0 spiro atoms. The number of nitrogens with zero attached hydrogens (tertiary/aromatic N) is 4. The van der Waals surface area contributed by atoms with Crippen LogP contribution < -0.4 is 10.2 Å². The van der Waals surface area contributed by atoms with Crippen molar-refractivity contribution in [2.75, 3.05) is 43.4 Å². The number of amides is 1. The highest BCUT2D eigenvalue weighted by Gasteiger charge is 2.26. The molecule has 9 heteroatoms. The lowest BCUT2D eigenvalue weighted by molar-refractivity contribution is -0.384. The number of benzene rings is 2. The van der Waals surface area contributed by atoms with E-state index in [0.29, 0.717) is 37.6 Å². The van der Waals surface area contributed by atoms with E-state index in [1.54, 1.807) is 24.1 Å². The first-order chi connectivity index (χ1) is 13.5. The number of hydrogen-bond acceptors (Lipinski definition) is 6. The summed E-state index contributed by atoms with van der Waals surface area (Å²) in [5.74, 6) is -0.888. The van der Waals surface area contributed by atoms with Gasteiger partial charge in [0.1, 0.15) is 17.4 Å². The second-order valence-corrected chi connectivity index (χ2v) is 6.26. The predicted octanol–water partition coefficient (Wildman–Crippen LogP) is 2.61. The van der Waals surface area contributed by atoms with E-state index in [0.717, 1.165) is 0 Å². The molecule has 28 heavy (non-hydrogen) atoms. The smallest absolute Gasteiger partial charge is 0.270 e. The van der Waals surface area contributed by atoms with Gasteiger partial charge in [-0.15, -0.1) is 0 Å². The molecule has 0 saturated carbocycles. The van der Waals surface area contributed by atoms with Gasteiger partial charge in [-0.2, -0.15) is 5.26 Å². The molecule has 0 atom stereocenters. The van der Waals surface area contributed by atoms with E-state index in [1.165, 1.54) is 24.3 Å². The van der Waals surface area contributed by atoms with Gasteiger partial charge in [-0.05, 0) is 18.2 Å². The molecular weight excluding hydrogens is 365 g/mol. The summed E-state index contributed by atoms with van der Waals surface area (Å²) in [7, 11) is 1.64. The molecule has 0 aliphatic carbocycles. The lowest BCUT2D eigenvalue weighted by Gasteiger charge is -2.36. The highest BCUT2D eigenvalue weighted by molar-refractivity contribution is 6.00. The van der Waals surface area contributed by atoms with Crippen molar-refractivity contribution in [1.29, 1.82) is 5.26 Å². The van der Waals surface area contributed by atoms with Gasteiger partial charge in [0.05, 0.1) is 16.2 Å². The van der Waals surface area contributed by atoms with Crippen LogP contribution in [0.3, 0.4) is 0 Å². The Bertz CT molecular complexity index is 965. The number of carbonyl (C=O) groups excluding carboxylic acids is 1. The molecule has 0 bridgehead atoms. The second kappa shape index (κ2) is 7.92. The van der Waals surface area contributed by atoms with Crippen LogP contribution in [0, 0.1) is 27.3 Å². The Balaban J connectivity index is 1.78. The van der Waals surface area contributed by atoms with Crippen LogP contribution in [0.2, 0.25) is 0 Å². The Morgan fingerprint density at radius 2 is 1.96 bits per heavy atom. The summed E-state index contributed by atoms with van der Waals surface area (Å²) < 4.78 is 13.8. The van der Waals surface area contributed by atoms with Crippen LogP contribution in [0.5, 0.6) is 0 Å². The van der Waals surface area contributed by atoms with Gasteiger partial charge in [0.25, 0.3) is 11.6 Å². The zero-order chi connectivity index (χ0) is 20.3. The van der Waals surface area contributed by atoms with Gasteiger partial charge in [-0.1, -0.05) is 6.07 Å². The molecule has 3 rings (SSSR count). The number of piperazine rings is 1. The van der Waals surface area contributed by atoms with Crippen molar-refractivity contribution in [1.82, 2.24) is 4.90 Å². The standard InChI is InChI=1S/C19H18FN5O3/c1-22-17-6-5-13(25(27)28)11-14(17)19(26)24-9-7-23(8-10-24)18-4-2-3-16(20)15(18)12-21/h2-6,11,22H,7-10H2,1H3. The maximum atomic E-state index is 13.8. The molecule has 144 valence electrons. The normalized spacial score (nSPS) is 13.8. The lowest BCUT2D eigenvalue weighted by Crippen LogP contribution is -2.49. The Kier molecular flexibility index (Phi) is 5.40. The molecule has 1 amide bonds. The first-order valence-electron chi connectivity index (χ1n) is 8.65. The predicted molar refractivity (Wildman–Crippen MR) is 102 cm³/mol. The average molecular weight is 383 g/mol. The van der Waals surface area contributed by atoms with Gasteiger partial charge in [0, 0.05) is 51.0 Å². The zero-order valence-electron chi connectivity index (χ0n) is 15.2. The first-order valence-corrected chi connectivity index (χ1v) is 8.65. The van der Waals surface area contributed by atoms with Crippen molar-refractivity contribution < 1.29 is 14.1 Å². The van der Waals surface area contributed by atoms with Crippen LogP contribution in [0.25, 0.3) is 0 Å². The minimum atomic E-state index is -0.575. The number of nitriles is 1. The number of rotatable bonds is 4. The van der Waals surface area contributed by atoms with E-state index >= 15 is 0 Å². The van der Waals surface area contributed by atoms with E-state index in [-0.39, 0.29) is 22.7 Å². The fraction of sp³-hybridized carbons (Fsp3) is 0.263. The van der Waals surface area contributed by atoms with Crippen molar-refractivity contribution in [3.63, 3.8) is 0 Å². The van der Waals surface area contributed by atoms with Gasteiger partial charge in [-0.25, -0.2) is 4.39 Å². The molecule has 0 aromatic heterocycles. The third kappa shape index (κ3) is 3.57. The van der Waals surface area contributed by atoms with Crippen LogP contribution >= 0.6 is 0 Å². The third-order valence-electron chi connectivity index (χ3n) is 4.72. The monoisotopic (exact) mass is 383 g/mol. The second-order valence-electron chi connectivity index (χ2n) is 6.26. The minimum absolute atomic E-state index is 0.0153. The zero-order valence-corrected chi connectivity index (χ0v) is 15.2. The average Bonchev–Trinajstić information content (AvgIpc) is 2.72. The van der Waals surface area contributed by atoms with Crippen molar-refractivity contribution in [3.05, 3.63) is 63.5 Å². The number of hydrogen-bond donors (Lipinski definition) is 1. The largest absolute Gasteiger partial charge is 0.387 e. The number of halogens is 1. The SMILES string of the molecule is CNc1ccc([N+](=O)[O-])cc1C(=O)N1CCN(c2cccc(F)c2C#N)CC1. The third-order valence-corrected chi connectivity index (χ3v) is 4.72. The molecule has 0 radical (unpaired) electrons. The van der Waals surface area contributed by atoms with Gasteiger partial charge in [0.15, 0.2) is 0 Å². The fourth-order valence-electron chi connectivity index (χ4n) is 3.25. The van der Waals surface area contributed by atoms with E-state index in [2.05, 4.69) is 5.32 Å². The highest BCUT2D eigenvalue weighted by atomic mass is 19.1. The van der Waals surface area contributed by atoms with E-state index in [9.17, 15) is 24.6 Å². The van der Waals surface area contributed by atoms with E-state index in [1.807, 2.05) is 11.0 Å². The molecule has 2 aromatic rings. The quantitative estimate of drug-likeness (QED) is 0.643. The maximum Gasteiger partial charge on any atom is 0.270 e. The maximum absolute atomic E-state index is 13.8. The lowest BCUT2D eigenvalue weighted by atomic mass is 10.1. The topological polar surface area (TPSA) is 103 Å². The van der Waals surface area contributed by atoms with Crippen LogP contribution in [0.15, 0.2) is 36.4 Å². The Morgan fingerprint density at radius 1 is 1.25 bits per heavy atom. The summed E-state index contributed by atoms with van der Waals surface area (Å²) in [6, 6.07) is 10.5. The molecular formula is C19H18FN5O3. The fourth-order valence-corrected chi connectivity index (χ4v) is 3.25. The number of nitro groups is 1. The summed E-state index contributed by atoms with van der Waals surface area (Å²) in [6.07, 6.45) is 0. The molecule has 1 fully saturated rings. The van der Waals surface area contributed by atoms with Crippen molar-refractivity contribution >= 4 is 23.0 Å². The Morgan fingerprint density at radius 3 is 2.57 bits per heavy atom. The van der Waals surface area contributed by atoms with Gasteiger partial charge in [0.2, 0.25) is 0 Å². The minimum Gasteiger partial charge on any atom is -0.387 e. The number of nitro benzene ring substituents is 1. The molecule has 1 aliphatic rings. The van der Waals surface area contributed by atoms with Gasteiger partial charge in [-0.3, -0.25) is 14.9 Å². The van der Waals surface area contributed by atoms with Gasteiger partial charge < -0.3 is 15.1 Å². The summed E-state index contributed by atoms with van der Waals surface area (Å²) in [5.41, 5.74) is 1.07. The molecule has 1 N–H and O–H groups in total. The Hall–Kier alpha value is -3.67. The molecule has 0 unspecified atom stereocenters. The summed E-state index contributed by atoms with van der Waals surface area (Å²) in [5, 5.41) is 23.1. The number of nitrogens with one attached hydrogen (secondary N) is 1. The Labute approximate surface area is 160 Å². The molecule has 1 aliphatic heterocycles. The highest BCUT2D eigenvalue weighted by Crippen LogP contribution is 2.26. The molecule has 8 nitrogen and oxygen atoms in total. The van der Waals surface area contributed by atoms with Gasteiger partial charge >= 0.3 is 0 Å². The van der Waals surface area contributed by atoms with Crippen LogP contribution in [0.4, 0.5) is 21.5 Å². The summed E-state index contributed by atoms with van der Waals surface area (Å²) in [6.45, 7) is 1.56. The number of carbonyl (C=O) groups is 1. The van der Waals surface area contributed by atoms with Crippen molar-refractivity contribution in [2.45, 2.75) is 0 Å².